The Morgan fingerprint density at radius 2 is 1.64 bits per heavy atom. The number of hydrogen-bond donors (Lipinski definition) is 3. The number of amides is 1. The Hall–Kier alpha value is -3.04. The predicted molar refractivity (Wildman–Crippen MR) is 153 cm³/mol. The van der Waals surface area contributed by atoms with E-state index in [1.165, 1.54) is 26.1 Å². The second-order valence-electron chi connectivity index (χ2n) is 9.02. The Labute approximate surface area is 259 Å². The van der Waals surface area contributed by atoms with Crippen molar-refractivity contribution in [2.24, 2.45) is 0 Å². The molecular formula is C27H33B3IN2O9+. The van der Waals surface area contributed by atoms with Gasteiger partial charge >= 0.3 is 34.2 Å². The lowest BCUT2D eigenvalue weighted by atomic mass is 9.86. The summed E-state index contributed by atoms with van der Waals surface area (Å²) in [5, 5.41) is 15.4. The number of carbonyl (C=O) groups is 4. The van der Waals surface area contributed by atoms with Crippen molar-refractivity contribution < 1.29 is 64.4 Å². The number of ether oxygens (including phenoxy) is 4. The third-order valence-corrected chi connectivity index (χ3v) is 8.53. The molecule has 0 fully saturated rings. The number of unbranched alkanes of at least 4 members (excludes halogenated alkanes) is 2. The Balaban J connectivity index is 2.23. The largest absolute Gasteiger partial charge is 0.494 e. The molecule has 3 N–H and O–H groups in total. The van der Waals surface area contributed by atoms with Crippen molar-refractivity contribution in [3.8, 4) is 17.2 Å². The van der Waals surface area contributed by atoms with Crippen LogP contribution in [0.25, 0.3) is 0 Å². The minimum Gasteiger partial charge on any atom is -0.494 e. The van der Waals surface area contributed by atoms with Gasteiger partial charge in [0.25, 0.3) is 0 Å². The van der Waals surface area contributed by atoms with E-state index in [0.717, 1.165) is 26.4 Å². The number of carbonyl (C=O) groups excluding carboxylic acids is 4. The molecule has 15 heteroatoms. The van der Waals surface area contributed by atoms with Gasteiger partial charge in [0, 0.05) is 31.0 Å². The summed E-state index contributed by atoms with van der Waals surface area (Å²) in [6, 6.07) is 9.56. The first-order valence-electron chi connectivity index (χ1n) is 13.3. The van der Waals surface area contributed by atoms with E-state index in [-0.39, 0.29) is 23.8 Å². The molecule has 4 radical (unpaired) electrons. The second-order valence-corrected chi connectivity index (χ2v) is 12.0. The van der Waals surface area contributed by atoms with E-state index in [4.69, 9.17) is 34.6 Å². The van der Waals surface area contributed by atoms with Crippen LogP contribution in [0.3, 0.4) is 0 Å². The summed E-state index contributed by atoms with van der Waals surface area (Å²) in [4.78, 5) is 47.0. The van der Waals surface area contributed by atoms with Gasteiger partial charge in [0.15, 0.2) is 15.1 Å². The molecule has 0 bridgehead atoms. The standard InChI is InChI=1S/C27H32B3IN2O9/c1-4-32-24(34)8-6-5-7-13-40-19-11-9-18(10-12-19)31-20-16-23(42-27(29)37)22(41-26(28)36)15-17(20)14-21(25(35)39-3)33-30(2)38/h9-12,15-16,21,33,38H,4-8,13-14H2,1-3H3/p+1/t21-/m0/s1. The molecule has 0 aliphatic heterocycles. The molecule has 2 rings (SSSR count). The van der Waals surface area contributed by atoms with Crippen molar-refractivity contribution in [2.45, 2.75) is 51.9 Å². The van der Waals surface area contributed by atoms with E-state index >= 15 is 0 Å². The molecule has 0 heterocycles. The van der Waals surface area contributed by atoms with E-state index < -0.39 is 52.0 Å². The maximum atomic E-state index is 12.4. The molecule has 0 aliphatic carbocycles. The molecule has 220 valence electrons. The van der Waals surface area contributed by atoms with Gasteiger partial charge in [0.1, 0.15) is 11.8 Å². The highest BCUT2D eigenvalue weighted by molar-refractivity contribution is 6.56. The number of esters is 1. The van der Waals surface area contributed by atoms with E-state index in [1.54, 1.807) is 0 Å². The van der Waals surface area contributed by atoms with Crippen LogP contribution in [-0.2, 0) is 20.7 Å². The fourth-order valence-electron chi connectivity index (χ4n) is 3.81. The summed E-state index contributed by atoms with van der Waals surface area (Å²) >= 11 is -0.931. The Morgan fingerprint density at radius 1 is 1.00 bits per heavy atom. The highest BCUT2D eigenvalue weighted by Crippen LogP contribution is 2.29. The average molecular weight is 689 g/mol. The fourth-order valence-corrected chi connectivity index (χ4v) is 6.36. The number of hydrogen-bond acceptors (Lipinski definition) is 10. The third-order valence-electron chi connectivity index (χ3n) is 5.60. The minimum atomic E-state index is -1.14. The van der Waals surface area contributed by atoms with Crippen LogP contribution in [0.4, 0.5) is 9.59 Å². The first-order chi connectivity index (χ1) is 20.0. The van der Waals surface area contributed by atoms with Gasteiger partial charge in [-0.15, -0.1) is 0 Å². The first kappa shape index (κ1) is 35.2. The second kappa shape index (κ2) is 18.5. The molecule has 0 spiro atoms. The molecule has 0 saturated heterocycles. The third kappa shape index (κ3) is 12.9. The predicted octanol–water partition coefficient (Wildman–Crippen LogP) is -0.991. The molecule has 2 aromatic carbocycles. The number of nitrogens with one attached hydrogen (secondary N) is 2. The van der Waals surface area contributed by atoms with E-state index in [0.29, 0.717) is 30.9 Å². The van der Waals surface area contributed by atoms with Crippen LogP contribution in [-0.4, -0.2) is 77.7 Å². The lowest BCUT2D eigenvalue weighted by molar-refractivity contribution is -0.598. The van der Waals surface area contributed by atoms with Gasteiger partial charge in [-0.1, -0.05) is 0 Å². The smallest absolute Gasteiger partial charge is 0.374 e. The molecule has 11 nitrogen and oxygen atoms in total. The number of rotatable bonds is 17. The lowest BCUT2D eigenvalue weighted by Crippen LogP contribution is -3.61. The zero-order valence-electron chi connectivity index (χ0n) is 23.8. The monoisotopic (exact) mass is 689 g/mol. The highest BCUT2D eigenvalue weighted by Gasteiger charge is 2.30. The molecule has 0 unspecified atom stereocenters. The maximum Gasteiger partial charge on any atom is 0.374 e. The topological polar surface area (TPSA) is 149 Å². The zero-order valence-corrected chi connectivity index (χ0v) is 26.0. The van der Waals surface area contributed by atoms with Gasteiger partial charge in [-0.3, -0.25) is 19.2 Å². The molecule has 1 amide bonds. The van der Waals surface area contributed by atoms with Crippen LogP contribution in [0, 0.1) is 7.14 Å². The van der Waals surface area contributed by atoms with Crippen LogP contribution in [0.15, 0.2) is 36.4 Å². The SMILES string of the molecule is [B]C(=O)Oc1cc(C[C@H](NB(C)O)C(=O)OC)c([I+]c2ccc(OCCCCCC(=O)NCC)cc2)cc1OC([B])=O. The molecule has 0 saturated carbocycles. The Bertz CT molecular complexity index is 1220. The molecule has 0 aromatic heterocycles. The maximum absolute atomic E-state index is 12.4. The number of halogens is 1. The van der Waals surface area contributed by atoms with Crippen molar-refractivity contribution in [3.63, 3.8) is 0 Å². The van der Waals surface area contributed by atoms with Gasteiger partial charge < -0.3 is 34.5 Å². The van der Waals surface area contributed by atoms with Crippen molar-refractivity contribution in [3.05, 3.63) is 49.1 Å². The molecule has 2 aromatic rings. The fraction of sp³-hybridized carbons (Fsp3) is 0.407. The van der Waals surface area contributed by atoms with Crippen LogP contribution >= 0.6 is 0 Å². The Morgan fingerprint density at radius 3 is 2.21 bits per heavy atom. The Kier molecular flexibility index (Phi) is 15.5. The van der Waals surface area contributed by atoms with Crippen molar-refractivity contribution in [1.82, 2.24) is 10.5 Å². The molecule has 42 heavy (non-hydrogen) atoms. The van der Waals surface area contributed by atoms with Crippen molar-refractivity contribution in [1.29, 1.82) is 0 Å². The van der Waals surface area contributed by atoms with Gasteiger partial charge in [-0.05, 0) is 63.3 Å². The van der Waals surface area contributed by atoms with Crippen LogP contribution < -0.4 is 46.0 Å². The zero-order chi connectivity index (χ0) is 31.1. The molecule has 1 atom stereocenters. The van der Waals surface area contributed by atoms with Gasteiger partial charge in [0.05, 0.1) is 13.7 Å². The quantitative estimate of drug-likeness (QED) is 0.0819. The van der Waals surface area contributed by atoms with Gasteiger partial charge in [0.2, 0.25) is 36.9 Å². The summed E-state index contributed by atoms with van der Waals surface area (Å²) in [6.07, 6.45) is 3.06. The van der Waals surface area contributed by atoms with Crippen LogP contribution in [0.1, 0.15) is 38.2 Å². The summed E-state index contributed by atoms with van der Waals surface area (Å²) in [6.45, 7) is 4.51. The van der Waals surface area contributed by atoms with Crippen LogP contribution in [0.5, 0.6) is 17.2 Å². The highest BCUT2D eigenvalue weighted by atomic mass is 127. The molecule has 0 aliphatic rings. The van der Waals surface area contributed by atoms with E-state index in [2.05, 4.69) is 10.5 Å². The van der Waals surface area contributed by atoms with E-state index in [1.807, 2.05) is 31.2 Å². The summed E-state index contributed by atoms with van der Waals surface area (Å²) in [5.41, 5.74) is 0.576. The van der Waals surface area contributed by atoms with E-state index in [9.17, 15) is 24.2 Å². The first-order valence-corrected chi connectivity index (χ1v) is 15.5. The average Bonchev–Trinajstić information content (AvgIpc) is 2.92. The normalized spacial score (nSPS) is 11.2. The molecular weight excluding hydrogens is 656 g/mol. The minimum absolute atomic E-state index is 0.0555. The van der Waals surface area contributed by atoms with Gasteiger partial charge in [-0.25, -0.2) is 0 Å². The number of benzene rings is 2. The van der Waals surface area contributed by atoms with Crippen molar-refractivity contribution in [2.75, 3.05) is 20.3 Å². The number of methoxy groups -OCH3 is 1. The van der Waals surface area contributed by atoms with Crippen LogP contribution in [0.2, 0.25) is 6.82 Å². The summed E-state index contributed by atoms with van der Waals surface area (Å²) in [7, 11) is 10.6. The van der Waals surface area contributed by atoms with Gasteiger partial charge in [-0.2, -0.15) is 0 Å². The lowest BCUT2D eigenvalue weighted by Gasteiger charge is -2.18. The summed E-state index contributed by atoms with van der Waals surface area (Å²) < 4.78 is 22.5. The summed E-state index contributed by atoms with van der Waals surface area (Å²) in [5.74, 6) is -2.37. The van der Waals surface area contributed by atoms with Crippen molar-refractivity contribution >= 4 is 46.4 Å².